The van der Waals surface area contributed by atoms with Gasteiger partial charge in [0.15, 0.2) is 0 Å². The van der Waals surface area contributed by atoms with Gasteiger partial charge in [-0.1, -0.05) is 0 Å². The standard InChI is InChI=1S/C12H22N2O3/c1-11(2,3)14(7-4-9(15)16)10(17)12(8-13)5-6-12/h4-8,13H2,1-3H3,(H,15,16). The summed E-state index contributed by atoms with van der Waals surface area (Å²) in [5, 5.41) is 8.72. The third kappa shape index (κ3) is 3.19. The number of aliphatic carboxylic acids is 1. The molecule has 1 aliphatic rings. The molecule has 5 nitrogen and oxygen atoms in total. The topological polar surface area (TPSA) is 83.6 Å². The number of rotatable bonds is 5. The number of carbonyl (C=O) groups is 2. The zero-order chi connectivity index (χ0) is 13.3. The Morgan fingerprint density at radius 1 is 1.35 bits per heavy atom. The highest BCUT2D eigenvalue weighted by Gasteiger charge is 2.51. The smallest absolute Gasteiger partial charge is 0.305 e. The summed E-state index contributed by atoms with van der Waals surface area (Å²) >= 11 is 0. The predicted octanol–water partition coefficient (Wildman–Crippen LogP) is 0.827. The molecule has 0 aliphatic heterocycles. The van der Waals surface area contributed by atoms with Gasteiger partial charge in [0.25, 0.3) is 0 Å². The highest BCUT2D eigenvalue weighted by Crippen LogP contribution is 2.47. The Hall–Kier alpha value is -1.10. The minimum Gasteiger partial charge on any atom is -0.481 e. The van der Waals surface area contributed by atoms with E-state index in [-0.39, 0.29) is 24.4 Å². The van der Waals surface area contributed by atoms with Crippen LogP contribution in [-0.2, 0) is 9.59 Å². The average Bonchev–Trinajstić information content (AvgIpc) is 2.95. The molecule has 0 aromatic heterocycles. The second-order valence-corrected chi connectivity index (χ2v) is 5.76. The molecule has 0 spiro atoms. The number of carbonyl (C=O) groups excluding carboxylic acids is 1. The summed E-state index contributed by atoms with van der Waals surface area (Å²) in [6.07, 6.45) is 1.62. The first-order valence-electron chi connectivity index (χ1n) is 5.97. The van der Waals surface area contributed by atoms with Gasteiger partial charge in [-0.2, -0.15) is 0 Å². The van der Waals surface area contributed by atoms with Crippen molar-refractivity contribution in [2.75, 3.05) is 13.1 Å². The Balaban J connectivity index is 2.76. The van der Waals surface area contributed by atoms with Crippen molar-refractivity contribution >= 4 is 11.9 Å². The van der Waals surface area contributed by atoms with Crippen LogP contribution in [0.5, 0.6) is 0 Å². The Bertz CT molecular complexity index is 316. The van der Waals surface area contributed by atoms with Crippen LogP contribution < -0.4 is 5.73 Å². The van der Waals surface area contributed by atoms with E-state index < -0.39 is 11.4 Å². The van der Waals surface area contributed by atoms with E-state index in [9.17, 15) is 9.59 Å². The first-order chi connectivity index (χ1) is 7.73. The van der Waals surface area contributed by atoms with E-state index in [1.165, 1.54) is 0 Å². The van der Waals surface area contributed by atoms with Gasteiger partial charge in [0.05, 0.1) is 11.8 Å². The summed E-state index contributed by atoms with van der Waals surface area (Å²) in [4.78, 5) is 24.6. The van der Waals surface area contributed by atoms with Crippen LogP contribution in [-0.4, -0.2) is 40.5 Å². The molecular formula is C12H22N2O3. The molecule has 1 rings (SSSR count). The summed E-state index contributed by atoms with van der Waals surface area (Å²) < 4.78 is 0. The lowest BCUT2D eigenvalue weighted by atomic mass is 9.99. The number of amides is 1. The van der Waals surface area contributed by atoms with E-state index in [2.05, 4.69) is 0 Å². The Labute approximate surface area is 102 Å². The fourth-order valence-corrected chi connectivity index (χ4v) is 1.89. The molecule has 17 heavy (non-hydrogen) atoms. The molecule has 0 unspecified atom stereocenters. The van der Waals surface area contributed by atoms with Gasteiger partial charge in [-0.15, -0.1) is 0 Å². The van der Waals surface area contributed by atoms with Gasteiger partial charge in [-0.3, -0.25) is 9.59 Å². The van der Waals surface area contributed by atoms with Crippen LogP contribution in [0.2, 0.25) is 0 Å². The molecule has 0 bridgehead atoms. The van der Waals surface area contributed by atoms with Crippen LogP contribution in [0.25, 0.3) is 0 Å². The van der Waals surface area contributed by atoms with Crippen molar-refractivity contribution in [3.8, 4) is 0 Å². The molecule has 1 saturated carbocycles. The van der Waals surface area contributed by atoms with Crippen molar-refractivity contribution in [3.63, 3.8) is 0 Å². The van der Waals surface area contributed by atoms with Crippen LogP contribution in [0, 0.1) is 5.41 Å². The molecule has 1 amide bonds. The van der Waals surface area contributed by atoms with Crippen molar-refractivity contribution in [1.82, 2.24) is 4.90 Å². The van der Waals surface area contributed by atoms with Crippen LogP contribution >= 0.6 is 0 Å². The highest BCUT2D eigenvalue weighted by atomic mass is 16.4. The molecule has 0 aromatic carbocycles. The van der Waals surface area contributed by atoms with E-state index in [1.54, 1.807) is 4.90 Å². The lowest BCUT2D eigenvalue weighted by Crippen LogP contribution is -2.51. The van der Waals surface area contributed by atoms with E-state index in [0.29, 0.717) is 6.54 Å². The molecule has 0 atom stereocenters. The van der Waals surface area contributed by atoms with Crippen molar-refractivity contribution < 1.29 is 14.7 Å². The Morgan fingerprint density at radius 2 is 1.88 bits per heavy atom. The molecule has 0 radical (unpaired) electrons. The maximum absolute atomic E-state index is 12.4. The predicted molar refractivity (Wildman–Crippen MR) is 64.4 cm³/mol. The Kier molecular flexibility index (Phi) is 3.81. The number of nitrogens with zero attached hydrogens (tertiary/aromatic N) is 1. The summed E-state index contributed by atoms with van der Waals surface area (Å²) in [5.74, 6) is -0.876. The van der Waals surface area contributed by atoms with Crippen LogP contribution in [0.15, 0.2) is 0 Å². The fraction of sp³-hybridized carbons (Fsp3) is 0.833. The summed E-state index contributed by atoms with van der Waals surface area (Å²) in [6.45, 7) is 6.35. The maximum atomic E-state index is 12.4. The van der Waals surface area contributed by atoms with Gasteiger partial charge in [-0.25, -0.2) is 0 Å². The van der Waals surface area contributed by atoms with Crippen LogP contribution in [0.1, 0.15) is 40.0 Å². The SMILES string of the molecule is CC(C)(C)N(CCC(=O)O)C(=O)C1(CN)CC1. The zero-order valence-electron chi connectivity index (χ0n) is 10.8. The lowest BCUT2D eigenvalue weighted by Gasteiger charge is -2.38. The summed E-state index contributed by atoms with van der Waals surface area (Å²) in [5.41, 5.74) is 4.87. The van der Waals surface area contributed by atoms with E-state index >= 15 is 0 Å². The van der Waals surface area contributed by atoms with Gasteiger partial charge < -0.3 is 15.7 Å². The van der Waals surface area contributed by atoms with E-state index in [0.717, 1.165) is 12.8 Å². The molecule has 98 valence electrons. The third-order valence-electron chi connectivity index (χ3n) is 3.30. The second kappa shape index (κ2) is 4.64. The van der Waals surface area contributed by atoms with Crippen LogP contribution in [0.4, 0.5) is 0 Å². The number of hydrogen-bond donors (Lipinski definition) is 2. The number of nitrogens with two attached hydrogens (primary N) is 1. The molecule has 1 aliphatic carbocycles. The average molecular weight is 242 g/mol. The van der Waals surface area contributed by atoms with Gasteiger partial charge in [-0.05, 0) is 33.6 Å². The number of hydrogen-bond acceptors (Lipinski definition) is 3. The number of carboxylic acid groups (broad SMARTS) is 1. The van der Waals surface area contributed by atoms with Gasteiger partial charge in [0.2, 0.25) is 5.91 Å². The molecular weight excluding hydrogens is 220 g/mol. The monoisotopic (exact) mass is 242 g/mol. The molecule has 0 aromatic rings. The molecule has 3 N–H and O–H groups in total. The van der Waals surface area contributed by atoms with E-state index in [4.69, 9.17) is 10.8 Å². The highest BCUT2D eigenvalue weighted by molar-refractivity contribution is 5.86. The normalized spacial score (nSPS) is 17.6. The third-order valence-corrected chi connectivity index (χ3v) is 3.30. The van der Waals surface area contributed by atoms with E-state index in [1.807, 2.05) is 20.8 Å². The molecule has 5 heteroatoms. The summed E-state index contributed by atoms with van der Waals surface area (Å²) in [6, 6.07) is 0. The zero-order valence-corrected chi connectivity index (χ0v) is 10.8. The largest absolute Gasteiger partial charge is 0.481 e. The van der Waals surface area contributed by atoms with Crippen molar-refractivity contribution in [3.05, 3.63) is 0 Å². The van der Waals surface area contributed by atoms with Gasteiger partial charge in [0, 0.05) is 18.6 Å². The fourth-order valence-electron chi connectivity index (χ4n) is 1.89. The minimum absolute atomic E-state index is 0.00810. The van der Waals surface area contributed by atoms with Gasteiger partial charge in [0.1, 0.15) is 0 Å². The maximum Gasteiger partial charge on any atom is 0.305 e. The van der Waals surface area contributed by atoms with Crippen molar-refractivity contribution in [2.45, 2.75) is 45.6 Å². The first-order valence-corrected chi connectivity index (χ1v) is 5.97. The van der Waals surface area contributed by atoms with Crippen molar-refractivity contribution in [2.24, 2.45) is 11.1 Å². The quantitative estimate of drug-likeness (QED) is 0.748. The molecule has 0 heterocycles. The first kappa shape index (κ1) is 14.0. The van der Waals surface area contributed by atoms with Gasteiger partial charge >= 0.3 is 5.97 Å². The number of carboxylic acids is 1. The van der Waals surface area contributed by atoms with Crippen molar-refractivity contribution in [1.29, 1.82) is 0 Å². The molecule has 0 saturated heterocycles. The van der Waals surface area contributed by atoms with Crippen LogP contribution in [0.3, 0.4) is 0 Å². The second-order valence-electron chi connectivity index (χ2n) is 5.76. The molecule has 1 fully saturated rings. The lowest BCUT2D eigenvalue weighted by molar-refractivity contribution is -0.144. The Morgan fingerprint density at radius 3 is 2.18 bits per heavy atom. The minimum atomic E-state index is -0.885. The summed E-state index contributed by atoms with van der Waals surface area (Å²) in [7, 11) is 0.